The van der Waals surface area contributed by atoms with E-state index in [1.807, 2.05) is 0 Å². The second kappa shape index (κ2) is 6.82. The van der Waals surface area contributed by atoms with Gasteiger partial charge in [0.25, 0.3) is 0 Å². The molecule has 146 valence electrons. The van der Waals surface area contributed by atoms with Crippen LogP contribution in [0.2, 0.25) is 0 Å². The summed E-state index contributed by atoms with van der Waals surface area (Å²) in [6.07, 6.45) is 4.35. The van der Waals surface area contributed by atoms with E-state index in [0.717, 1.165) is 25.7 Å². The van der Waals surface area contributed by atoms with Crippen molar-refractivity contribution < 1.29 is 18.3 Å². The Hall–Kier alpha value is -2.53. The van der Waals surface area contributed by atoms with Crippen LogP contribution in [0.5, 0.6) is 0 Å². The number of rotatable bonds is 4. The SMILES string of the molecule is O=c1onc(-c2nonc2NC2CC3CCC(C2)O3)n1-c1ccc(F)c(Br)c1. The zero-order valence-corrected chi connectivity index (χ0v) is 16.1. The van der Waals surface area contributed by atoms with Gasteiger partial charge in [-0.3, -0.25) is 4.52 Å². The molecule has 2 unspecified atom stereocenters. The first kappa shape index (κ1) is 17.6. The highest BCUT2D eigenvalue weighted by atomic mass is 79.9. The largest absolute Gasteiger partial charge is 0.446 e. The van der Waals surface area contributed by atoms with Gasteiger partial charge in [-0.1, -0.05) is 5.16 Å². The van der Waals surface area contributed by atoms with Crippen LogP contribution in [0.1, 0.15) is 25.7 Å². The second-order valence-electron chi connectivity index (χ2n) is 6.94. The Morgan fingerprint density at radius 1 is 1.18 bits per heavy atom. The van der Waals surface area contributed by atoms with Crippen LogP contribution in [-0.4, -0.2) is 38.3 Å². The van der Waals surface area contributed by atoms with Gasteiger partial charge in [0.1, 0.15) is 5.82 Å². The Morgan fingerprint density at radius 3 is 2.71 bits per heavy atom. The molecule has 11 heteroatoms. The summed E-state index contributed by atoms with van der Waals surface area (Å²) in [4.78, 5) is 12.2. The van der Waals surface area contributed by atoms with Crippen LogP contribution in [-0.2, 0) is 4.74 Å². The molecule has 9 nitrogen and oxygen atoms in total. The lowest BCUT2D eigenvalue weighted by atomic mass is 10.0. The standard InChI is InChI=1S/C17H15BrFN5O4/c18-12-7-9(1-4-13(12)19)24-16(23-27-17(24)25)14-15(22-28-21-14)20-8-5-10-2-3-11(6-8)26-10/h1,4,7-8,10-11H,2-3,5-6H2,(H,20,22). The van der Waals surface area contributed by atoms with Crippen LogP contribution in [0.3, 0.4) is 0 Å². The van der Waals surface area contributed by atoms with Crippen LogP contribution in [0.25, 0.3) is 17.2 Å². The fourth-order valence-electron chi connectivity index (χ4n) is 3.85. The monoisotopic (exact) mass is 451 g/mol. The Kier molecular flexibility index (Phi) is 4.27. The Bertz CT molecular complexity index is 1070. The van der Waals surface area contributed by atoms with E-state index in [4.69, 9.17) is 13.9 Å². The van der Waals surface area contributed by atoms with Crippen molar-refractivity contribution in [1.82, 2.24) is 20.0 Å². The summed E-state index contributed by atoms with van der Waals surface area (Å²) in [5, 5.41) is 15.0. The van der Waals surface area contributed by atoms with Gasteiger partial charge in [0.2, 0.25) is 11.6 Å². The molecule has 5 rings (SSSR count). The molecule has 0 amide bonds. The van der Waals surface area contributed by atoms with Crippen LogP contribution in [0, 0.1) is 5.82 Å². The van der Waals surface area contributed by atoms with Crippen LogP contribution in [0.4, 0.5) is 10.2 Å². The number of fused-ring (bicyclic) bond motifs is 2. The third-order valence-corrected chi connectivity index (χ3v) is 5.71. The summed E-state index contributed by atoms with van der Waals surface area (Å²) in [6.45, 7) is 0. The summed E-state index contributed by atoms with van der Waals surface area (Å²) in [5.74, 6) is -0.696. The van der Waals surface area contributed by atoms with E-state index in [2.05, 4.69) is 36.7 Å². The number of benzene rings is 1. The molecule has 2 aliphatic rings. The quantitative estimate of drug-likeness (QED) is 0.644. The maximum atomic E-state index is 13.6. The van der Waals surface area contributed by atoms with Gasteiger partial charge >= 0.3 is 5.76 Å². The fraction of sp³-hybridized carbons (Fsp3) is 0.412. The summed E-state index contributed by atoms with van der Waals surface area (Å²) >= 11 is 3.11. The molecule has 2 fully saturated rings. The highest BCUT2D eigenvalue weighted by molar-refractivity contribution is 9.10. The van der Waals surface area contributed by atoms with E-state index in [1.165, 1.54) is 22.8 Å². The zero-order chi connectivity index (χ0) is 19.3. The molecule has 4 heterocycles. The number of hydrogen-bond acceptors (Lipinski definition) is 8. The zero-order valence-electron chi connectivity index (χ0n) is 14.5. The van der Waals surface area contributed by atoms with Crippen molar-refractivity contribution in [2.75, 3.05) is 5.32 Å². The Balaban J connectivity index is 1.49. The van der Waals surface area contributed by atoms with Crippen molar-refractivity contribution in [2.24, 2.45) is 0 Å². The third-order valence-electron chi connectivity index (χ3n) is 5.10. The van der Waals surface area contributed by atoms with Crippen molar-refractivity contribution in [3.8, 4) is 17.2 Å². The third kappa shape index (κ3) is 3.04. The Labute approximate surface area is 165 Å². The molecule has 2 aromatic heterocycles. The number of hydrogen-bond donors (Lipinski definition) is 1. The van der Waals surface area contributed by atoms with E-state index in [-0.39, 0.29) is 34.2 Å². The maximum absolute atomic E-state index is 13.6. The number of nitrogens with zero attached hydrogens (tertiary/aromatic N) is 4. The molecule has 3 aromatic rings. The summed E-state index contributed by atoms with van der Waals surface area (Å²) in [7, 11) is 0. The topological polar surface area (TPSA) is 108 Å². The first-order chi connectivity index (χ1) is 13.6. The van der Waals surface area contributed by atoms with Gasteiger partial charge in [-0.25, -0.2) is 18.4 Å². The number of anilines is 1. The van der Waals surface area contributed by atoms with Crippen LogP contribution < -0.4 is 11.1 Å². The molecular formula is C17H15BrFN5O4. The first-order valence-electron chi connectivity index (χ1n) is 8.87. The normalized spacial score (nSPS) is 23.9. The minimum Gasteiger partial charge on any atom is -0.375 e. The van der Waals surface area contributed by atoms with Gasteiger partial charge < -0.3 is 10.1 Å². The second-order valence-corrected chi connectivity index (χ2v) is 7.79. The summed E-state index contributed by atoms with van der Waals surface area (Å²) < 4.78 is 30.5. The van der Waals surface area contributed by atoms with Gasteiger partial charge in [0, 0.05) is 6.04 Å². The molecule has 0 spiro atoms. The van der Waals surface area contributed by atoms with E-state index in [1.54, 1.807) is 0 Å². The average molecular weight is 452 g/mol. The molecule has 2 bridgehead atoms. The van der Waals surface area contributed by atoms with Gasteiger partial charge in [0.05, 0.1) is 22.4 Å². The van der Waals surface area contributed by atoms with Gasteiger partial charge in [-0.15, -0.1) is 0 Å². The maximum Gasteiger partial charge on any atom is 0.446 e. The van der Waals surface area contributed by atoms with E-state index in [0.29, 0.717) is 11.5 Å². The van der Waals surface area contributed by atoms with Crippen molar-refractivity contribution in [1.29, 1.82) is 0 Å². The number of nitrogens with one attached hydrogen (secondary N) is 1. The smallest absolute Gasteiger partial charge is 0.375 e. The van der Waals surface area contributed by atoms with E-state index in [9.17, 15) is 9.18 Å². The van der Waals surface area contributed by atoms with Gasteiger partial charge in [0.15, 0.2) is 5.69 Å². The van der Waals surface area contributed by atoms with Crippen LogP contribution >= 0.6 is 15.9 Å². The number of ether oxygens (including phenoxy) is 1. The molecule has 28 heavy (non-hydrogen) atoms. The molecule has 1 N–H and O–H groups in total. The van der Waals surface area contributed by atoms with Crippen LogP contribution in [0.15, 0.2) is 36.6 Å². The summed E-state index contributed by atoms with van der Waals surface area (Å²) in [5.41, 5.74) is 0.609. The first-order valence-corrected chi connectivity index (χ1v) is 9.67. The molecular weight excluding hydrogens is 437 g/mol. The lowest BCUT2D eigenvalue weighted by molar-refractivity contribution is 0.000620. The fourth-order valence-corrected chi connectivity index (χ4v) is 4.22. The predicted molar refractivity (Wildman–Crippen MR) is 97.6 cm³/mol. The van der Waals surface area contributed by atoms with Crippen molar-refractivity contribution in [2.45, 2.75) is 43.9 Å². The molecule has 1 aromatic carbocycles. The molecule has 2 aliphatic heterocycles. The lowest BCUT2D eigenvalue weighted by Crippen LogP contribution is -2.34. The lowest BCUT2D eigenvalue weighted by Gasteiger charge is -2.28. The van der Waals surface area contributed by atoms with Crippen molar-refractivity contribution in [3.05, 3.63) is 39.0 Å². The average Bonchev–Trinajstić information content (AvgIpc) is 3.36. The van der Waals surface area contributed by atoms with Gasteiger partial charge in [-0.05, 0) is 70.1 Å². The van der Waals surface area contributed by atoms with Gasteiger partial charge in [-0.2, -0.15) is 0 Å². The molecule has 2 atom stereocenters. The Morgan fingerprint density at radius 2 is 1.96 bits per heavy atom. The molecule has 0 aliphatic carbocycles. The summed E-state index contributed by atoms with van der Waals surface area (Å²) in [6, 6.07) is 4.29. The van der Waals surface area contributed by atoms with E-state index >= 15 is 0 Å². The predicted octanol–water partition coefficient (Wildman–Crippen LogP) is 2.90. The number of halogens is 2. The molecule has 0 radical (unpaired) electrons. The van der Waals surface area contributed by atoms with Crippen molar-refractivity contribution in [3.63, 3.8) is 0 Å². The minimum absolute atomic E-state index is 0.113. The number of aromatic nitrogens is 4. The minimum atomic E-state index is -0.730. The molecule has 0 saturated carbocycles. The molecule has 2 saturated heterocycles. The highest BCUT2D eigenvalue weighted by Crippen LogP contribution is 2.35. The van der Waals surface area contributed by atoms with E-state index < -0.39 is 11.6 Å². The highest BCUT2D eigenvalue weighted by Gasteiger charge is 2.36. The van der Waals surface area contributed by atoms with Crippen molar-refractivity contribution >= 4 is 21.7 Å².